The quantitative estimate of drug-likeness (QED) is 0.0262. The van der Waals surface area contributed by atoms with E-state index in [9.17, 15) is 85.3 Å². The van der Waals surface area contributed by atoms with Crippen molar-refractivity contribution in [3.63, 3.8) is 0 Å². The lowest BCUT2D eigenvalue weighted by molar-refractivity contribution is -0.367. The van der Waals surface area contributed by atoms with Crippen LogP contribution in [-0.2, 0) is 61.8 Å². The highest BCUT2D eigenvalue weighted by molar-refractivity contribution is 5.94. The van der Waals surface area contributed by atoms with E-state index in [1.54, 1.807) is 12.1 Å². The molecule has 0 spiro atoms. The van der Waals surface area contributed by atoms with Crippen LogP contribution >= 0.6 is 0 Å². The lowest BCUT2D eigenvalue weighted by Gasteiger charge is -2.51. The van der Waals surface area contributed by atoms with Crippen LogP contribution in [0.4, 0.5) is 0 Å². The number of hydrogen-bond donors (Lipinski definition) is 17. The van der Waals surface area contributed by atoms with Gasteiger partial charge < -0.3 is 135 Å². The first-order chi connectivity index (χ1) is 42.0. The van der Waals surface area contributed by atoms with Crippen molar-refractivity contribution in [3.8, 4) is 5.75 Å². The summed E-state index contributed by atoms with van der Waals surface area (Å²) < 4.78 is 59.8. The van der Waals surface area contributed by atoms with Crippen LogP contribution in [0.25, 0.3) is 0 Å². The van der Waals surface area contributed by atoms with Gasteiger partial charge in [0.1, 0.15) is 128 Å². The van der Waals surface area contributed by atoms with E-state index in [-0.39, 0.29) is 5.56 Å². The normalized spacial score (nSPS) is 37.8. The van der Waals surface area contributed by atoms with Crippen LogP contribution in [0.5, 0.6) is 5.75 Å². The fourth-order valence-electron chi connectivity index (χ4n) is 11.1. The summed E-state index contributed by atoms with van der Waals surface area (Å²) in [4.78, 5) is 64.1. The van der Waals surface area contributed by atoms with Crippen molar-refractivity contribution in [2.45, 2.75) is 233 Å². The molecular weight excluding hydrogens is 1170 g/mol. The minimum absolute atomic E-state index is 0.0576. The molecule has 0 saturated carbocycles. The number of benzene rings is 1. The van der Waals surface area contributed by atoms with Crippen LogP contribution < -0.4 is 31.3 Å². The Balaban J connectivity index is 1.18. The number of carbonyl (C=O) groups excluding carboxylic acids is 5. The highest BCUT2D eigenvalue weighted by atomic mass is 16.8. The third-order valence-corrected chi connectivity index (χ3v) is 15.5. The number of ether oxygens (including phenoxy) is 10. The van der Waals surface area contributed by atoms with Crippen molar-refractivity contribution >= 4 is 29.5 Å². The molecular formula is C56H89N5O27. The van der Waals surface area contributed by atoms with Gasteiger partial charge in [0.2, 0.25) is 23.6 Å². The maximum absolute atomic E-state index is 13.9. The van der Waals surface area contributed by atoms with Crippen LogP contribution in [0.1, 0.15) is 89.9 Å². The molecule has 1 aromatic rings. The second-order valence-corrected chi connectivity index (χ2v) is 22.2. The van der Waals surface area contributed by atoms with Crippen molar-refractivity contribution in [1.82, 2.24) is 26.6 Å². The molecule has 25 atom stereocenters. The van der Waals surface area contributed by atoms with Gasteiger partial charge in [0.15, 0.2) is 31.5 Å². The van der Waals surface area contributed by atoms with Gasteiger partial charge in [-0.15, -0.1) is 0 Å². The molecule has 5 aliphatic rings. The highest BCUT2D eigenvalue weighted by Crippen LogP contribution is 2.36. The maximum Gasteiger partial charge on any atom is 0.251 e. The molecule has 0 bridgehead atoms. The summed E-state index contributed by atoms with van der Waals surface area (Å²) in [6, 6.07) is -2.18. The minimum Gasteiger partial charge on any atom is -0.494 e. The van der Waals surface area contributed by atoms with Gasteiger partial charge in [-0.3, -0.25) is 24.0 Å². The molecule has 6 rings (SSSR count). The summed E-state index contributed by atoms with van der Waals surface area (Å²) >= 11 is 0. The Morgan fingerprint density at radius 2 is 0.830 bits per heavy atom. The third kappa shape index (κ3) is 18.7. The number of aliphatic hydroxyl groups is 12. The Labute approximate surface area is 507 Å². The standard InChI is InChI=1S/C56H89N5O27/c1-6-7-8-9-10-11-12-13-14-18-79-30-17-15-16-29(19-30)51(77)61-37-42(72)41(71)31(20-62)81-53(37)86-48-33(22-64)83-55(39(44(48)74)59-27(4)69)88-50-35(24-66)84-56(40(46(50)76)60-28(5)70)87-49-34(23-65)82-54(38(45(49)75)58-26(3)68)85-47-32(21-63)80-52(78)36(43(47)73)57-25(2)67/h11-12,15-17,19,31-50,52-56,62-66,71-76,78H,6-10,13-14,18,20-24H2,1-5H3,(H,57,67)(H,58,68)(H,59,69)(H,60,70)(H,61,77)/b12-11-/t31?,32?,33-,34-,35?,36-,37?,38?,39?,40-,41+,42+,43+,44?,45?,46+,47?,48+,49+,50?,52+,53-,54?,55?,56-/m0/s1. The van der Waals surface area contributed by atoms with Gasteiger partial charge in [0.25, 0.3) is 5.91 Å². The van der Waals surface area contributed by atoms with Gasteiger partial charge in [-0.1, -0.05) is 44.4 Å². The van der Waals surface area contributed by atoms with Crippen molar-refractivity contribution in [2.24, 2.45) is 0 Å². The van der Waals surface area contributed by atoms with E-state index in [1.165, 1.54) is 25.0 Å². The van der Waals surface area contributed by atoms with Gasteiger partial charge in [0, 0.05) is 33.3 Å². The van der Waals surface area contributed by atoms with Gasteiger partial charge in [-0.25, -0.2) is 0 Å². The molecule has 32 nitrogen and oxygen atoms in total. The number of carbonyl (C=O) groups is 5. The first-order valence-electron chi connectivity index (χ1n) is 29.5. The fraction of sp³-hybridized carbons (Fsp3) is 0.768. The van der Waals surface area contributed by atoms with E-state index in [4.69, 9.17) is 47.4 Å². The van der Waals surface area contributed by atoms with E-state index < -0.39 is 216 Å². The number of rotatable bonds is 29. The molecule has 12 unspecified atom stereocenters. The van der Waals surface area contributed by atoms with E-state index in [1.807, 2.05) is 0 Å². The molecule has 32 heteroatoms. The first-order valence-corrected chi connectivity index (χ1v) is 29.5. The van der Waals surface area contributed by atoms with Gasteiger partial charge in [-0.2, -0.15) is 0 Å². The van der Waals surface area contributed by atoms with Crippen LogP contribution in [0.2, 0.25) is 0 Å². The molecule has 5 amide bonds. The SMILES string of the molecule is CCCCCC/C=C\CCCOc1cccc(C(=O)NC2[C@H](O[C@H]3C(O)C(NC(C)=O)C(OC4C(CO)O[C@@H](O[C@H]5C(O)C(NC(C)=O)C(OC6C(CO)O[C@@H](O)[C@@H](NC(C)=O)[C@H]6O)O[C@H]5CO)[C@@H](NC(C)=O)[C@H]4O)O[C@H]3CO)OC(CO)[C@@H](O)[C@@H]2O)c1. The van der Waals surface area contributed by atoms with Gasteiger partial charge in [0.05, 0.1) is 39.6 Å². The second-order valence-electron chi connectivity index (χ2n) is 22.2. The Bertz CT molecular complexity index is 2400. The molecule has 5 saturated heterocycles. The molecule has 1 aromatic carbocycles. The molecule has 5 fully saturated rings. The Morgan fingerprint density at radius 3 is 1.24 bits per heavy atom. The Kier molecular flexibility index (Phi) is 28.5. The van der Waals surface area contributed by atoms with Crippen LogP contribution in [0.3, 0.4) is 0 Å². The summed E-state index contributed by atoms with van der Waals surface area (Å²) in [5, 5.41) is 145. The zero-order valence-electron chi connectivity index (χ0n) is 49.6. The van der Waals surface area contributed by atoms with Crippen LogP contribution in [-0.4, -0.2) is 284 Å². The topological polar surface area (TPSA) is 481 Å². The zero-order valence-corrected chi connectivity index (χ0v) is 49.6. The predicted molar refractivity (Wildman–Crippen MR) is 297 cm³/mol. The summed E-state index contributed by atoms with van der Waals surface area (Å²) in [5.41, 5.74) is 0.0576. The molecule has 0 aliphatic carbocycles. The Hall–Kier alpha value is -4.73. The van der Waals surface area contributed by atoms with Crippen molar-refractivity contribution in [2.75, 3.05) is 39.6 Å². The van der Waals surface area contributed by atoms with E-state index in [0.717, 1.165) is 53.4 Å². The number of allylic oxidation sites excluding steroid dienone is 2. The smallest absolute Gasteiger partial charge is 0.251 e. The van der Waals surface area contributed by atoms with Crippen molar-refractivity contribution in [1.29, 1.82) is 0 Å². The van der Waals surface area contributed by atoms with Gasteiger partial charge >= 0.3 is 0 Å². The number of nitrogens with one attached hydrogen (secondary N) is 5. The van der Waals surface area contributed by atoms with Crippen molar-refractivity contribution in [3.05, 3.63) is 42.0 Å². The fourth-order valence-corrected chi connectivity index (χ4v) is 11.1. The summed E-state index contributed by atoms with van der Waals surface area (Å²) in [6.07, 6.45) is -24.4. The average Bonchev–Trinajstić information content (AvgIpc) is 1.44. The molecule has 5 heterocycles. The van der Waals surface area contributed by atoms with E-state index in [0.29, 0.717) is 18.8 Å². The third-order valence-electron chi connectivity index (χ3n) is 15.5. The maximum atomic E-state index is 13.9. The zero-order chi connectivity index (χ0) is 64.5. The number of aliphatic hydroxyl groups excluding tert-OH is 12. The van der Waals surface area contributed by atoms with E-state index >= 15 is 0 Å². The minimum atomic E-state index is -2.03. The number of hydrogen-bond acceptors (Lipinski definition) is 27. The van der Waals surface area contributed by atoms with Crippen LogP contribution in [0.15, 0.2) is 36.4 Å². The molecule has 5 aliphatic heterocycles. The highest BCUT2D eigenvalue weighted by Gasteiger charge is 2.58. The number of unbranched alkanes of at least 4 members (excludes halogenated alkanes) is 5. The summed E-state index contributed by atoms with van der Waals surface area (Å²) in [6.45, 7) is 2.01. The molecule has 0 radical (unpaired) electrons. The lowest BCUT2D eigenvalue weighted by Crippen LogP contribution is -2.72. The second kappa shape index (κ2) is 34.6. The summed E-state index contributed by atoms with van der Waals surface area (Å²) in [5.74, 6) is -3.54. The largest absolute Gasteiger partial charge is 0.494 e. The molecule has 0 aromatic heterocycles. The number of amides is 5. The molecule has 17 N–H and O–H groups in total. The van der Waals surface area contributed by atoms with E-state index in [2.05, 4.69) is 45.7 Å². The Morgan fingerprint density at radius 1 is 0.455 bits per heavy atom. The summed E-state index contributed by atoms with van der Waals surface area (Å²) in [7, 11) is 0. The lowest BCUT2D eigenvalue weighted by atomic mass is 9.93. The van der Waals surface area contributed by atoms with Crippen LogP contribution in [0, 0.1) is 0 Å². The first kappa shape index (κ1) is 72.3. The predicted octanol–water partition coefficient (Wildman–Crippen LogP) is -6.23. The van der Waals surface area contributed by atoms with Gasteiger partial charge in [-0.05, 0) is 43.9 Å². The molecule has 88 heavy (non-hydrogen) atoms. The molecule has 500 valence electrons. The monoisotopic (exact) mass is 1260 g/mol. The average molecular weight is 1260 g/mol. The van der Waals surface area contributed by atoms with Crippen molar-refractivity contribution < 1.29 is 133 Å².